The third kappa shape index (κ3) is 4.67. The molecule has 0 radical (unpaired) electrons. The number of pyridine rings is 1. The number of fused-ring (bicyclic) bond motifs is 3. The van der Waals surface area contributed by atoms with E-state index in [-0.39, 0.29) is 5.75 Å². The molecule has 0 aliphatic carbocycles. The molecule has 5 aromatic rings. The molecule has 5 rings (SSSR count). The summed E-state index contributed by atoms with van der Waals surface area (Å²) in [7, 11) is 3.18. The molecular weight excluding hydrogens is 476 g/mol. The molecule has 2 heterocycles. The highest BCUT2D eigenvalue weighted by Gasteiger charge is 2.18. The van der Waals surface area contributed by atoms with Crippen LogP contribution in [0.25, 0.3) is 40.1 Å². The third-order valence-electron chi connectivity index (χ3n) is 5.93. The van der Waals surface area contributed by atoms with Crippen LogP contribution in [0.2, 0.25) is 0 Å². The lowest BCUT2D eigenvalue weighted by Crippen LogP contribution is -2.01. The summed E-state index contributed by atoms with van der Waals surface area (Å²) in [6.45, 7) is -2.88. The molecular formula is C29H21F2N3O3. The largest absolute Gasteiger partial charge is 0.497 e. The molecule has 8 heteroatoms. The standard InChI is InChI=1S/C29H21F2N3O3/c1-35-22-13-20(14-23(16-22)36-2)27-15-19(10-7-18-8-11-21(12-9-18)37-29(30)31)24(17-32)28-33-25-5-3-4-6-26(25)34(27)28/h3-16,29H,1-2H3. The zero-order valence-corrected chi connectivity index (χ0v) is 20.0. The van der Waals surface area contributed by atoms with Gasteiger partial charge in [-0.25, -0.2) is 4.98 Å². The number of nitrogens with zero attached hydrogens (tertiary/aromatic N) is 3. The molecule has 6 nitrogen and oxygen atoms in total. The summed E-state index contributed by atoms with van der Waals surface area (Å²) in [5.41, 5.74) is 5.55. The lowest BCUT2D eigenvalue weighted by Gasteiger charge is -2.13. The number of imidazole rings is 1. The van der Waals surface area contributed by atoms with Gasteiger partial charge in [0.15, 0.2) is 5.65 Å². The first-order valence-electron chi connectivity index (χ1n) is 11.3. The van der Waals surface area contributed by atoms with Crippen molar-refractivity contribution in [1.29, 1.82) is 5.26 Å². The van der Waals surface area contributed by atoms with Crippen molar-refractivity contribution in [3.8, 4) is 34.6 Å². The molecule has 0 spiro atoms. The van der Waals surface area contributed by atoms with E-state index in [2.05, 4.69) is 10.8 Å². The van der Waals surface area contributed by atoms with E-state index in [0.29, 0.717) is 28.3 Å². The molecule has 37 heavy (non-hydrogen) atoms. The summed E-state index contributed by atoms with van der Waals surface area (Å²) in [5, 5.41) is 10.1. The van der Waals surface area contributed by atoms with E-state index in [9.17, 15) is 14.0 Å². The maximum atomic E-state index is 12.5. The number of para-hydroxylation sites is 2. The first-order valence-corrected chi connectivity index (χ1v) is 11.3. The topological polar surface area (TPSA) is 68.8 Å². The number of halogens is 2. The quantitative estimate of drug-likeness (QED) is 0.247. The molecule has 0 unspecified atom stereocenters. The molecule has 0 amide bonds. The molecule has 0 N–H and O–H groups in total. The van der Waals surface area contributed by atoms with Crippen LogP contribution >= 0.6 is 0 Å². The van der Waals surface area contributed by atoms with Gasteiger partial charge in [-0.3, -0.25) is 4.40 Å². The number of rotatable bonds is 7. The van der Waals surface area contributed by atoms with E-state index in [1.54, 1.807) is 38.5 Å². The Bertz CT molecular complexity index is 1650. The van der Waals surface area contributed by atoms with Crippen molar-refractivity contribution in [3.63, 3.8) is 0 Å². The second-order valence-electron chi connectivity index (χ2n) is 8.11. The van der Waals surface area contributed by atoms with Gasteiger partial charge in [-0.05, 0) is 53.6 Å². The molecule has 0 bridgehead atoms. The zero-order valence-electron chi connectivity index (χ0n) is 20.0. The molecule has 184 valence electrons. The Morgan fingerprint density at radius 3 is 2.24 bits per heavy atom. The van der Waals surface area contributed by atoms with Crippen LogP contribution in [0.1, 0.15) is 16.7 Å². The van der Waals surface area contributed by atoms with E-state index in [1.165, 1.54) is 12.1 Å². The van der Waals surface area contributed by atoms with E-state index >= 15 is 0 Å². The van der Waals surface area contributed by atoms with Crippen molar-refractivity contribution in [2.45, 2.75) is 6.61 Å². The van der Waals surface area contributed by atoms with Gasteiger partial charge in [-0.1, -0.05) is 36.4 Å². The van der Waals surface area contributed by atoms with Gasteiger partial charge < -0.3 is 14.2 Å². The molecule has 0 saturated heterocycles. The number of alkyl halides is 2. The van der Waals surface area contributed by atoms with Gasteiger partial charge in [0, 0.05) is 11.6 Å². The zero-order chi connectivity index (χ0) is 25.9. The highest BCUT2D eigenvalue weighted by atomic mass is 19.3. The van der Waals surface area contributed by atoms with Crippen molar-refractivity contribution < 1.29 is 23.0 Å². The number of aromatic nitrogens is 2. The fourth-order valence-electron chi connectivity index (χ4n) is 4.21. The van der Waals surface area contributed by atoms with E-state index in [0.717, 1.165) is 27.9 Å². The third-order valence-corrected chi connectivity index (χ3v) is 5.93. The second-order valence-corrected chi connectivity index (χ2v) is 8.11. The van der Waals surface area contributed by atoms with Crippen molar-refractivity contribution in [2.24, 2.45) is 0 Å². The van der Waals surface area contributed by atoms with Gasteiger partial charge in [0.25, 0.3) is 0 Å². The average molecular weight is 498 g/mol. The van der Waals surface area contributed by atoms with Gasteiger partial charge >= 0.3 is 6.61 Å². The van der Waals surface area contributed by atoms with Crippen LogP contribution in [0.15, 0.2) is 72.8 Å². The first kappa shape index (κ1) is 23.8. The van der Waals surface area contributed by atoms with Gasteiger partial charge in [0.2, 0.25) is 0 Å². The lowest BCUT2D eigenvalue weighted by atomic mass is 10.0. The Labute approximate surface area is 211 Å². The van der Waals surface area contributed by atoms with Crippen LogP contribution in [0.4, 0.5) is 8.78 Å². The summed E-state index contributed by atoms with van der Waals surface area (Å²) in [6, 6.07) is 23.7. The van der Waals surface area contributed by atoms with Crippen molar-refractivity contribution >= 4 is 28.8 Å². The predicted octanol–water partition coefficient (Wildman–Crippen LogP) is 6.82. The summed E-state index contributed by atoms with van der Waals surface area (Å²) in [6.07, 6.45) is 3.61. The number of hydrogen-bond acceptors (Lipinski definition) is 5. The van der Waals surface area contributed by atoms with Crippen LogP contribution in [0, 0.1) is 11.3 Å². The second kappa shape index (κ2) is 9.99. The minimum absolute atomic E-state index is 0.0737. The number of hydrogen-bond donors (Lipinski definition) is 0. The first-order chi connectivity index (χ1) is 18.0. The highest BCUT2D eigenvalue weighted by molar-refractivity contribution is 5.89. The Morgan fingerprint density at radius 1 is 0.892 bits per heavy atom. The van der Waals surface area contributed by atoms with E-state index in [1.807, 2.05) is 52.9 Å². The number of ether oxygens (including phenoxy) is 3. The summed E-state index contributed by atoms with van der Waals surface area (Å²) in [4.78, 5) is 4.77. The molecule has 0 atom stereocenters. The molecule has 0 saturated carbocycles. The fourth-order valence-corrected chi connectivity index (χ4v) is 4.21. The van der Waals surface area contributed by atoms with Gasteiger partial charge in [-0.2, -0.15) is 14.0 Å². The molecule has 2 aromatic heterocycles. The van der Waals surface area contributed by atoms with Gasteiger partial charge in [0.1, 0.15) is 28.9 Å². The lowest BCUT2D eigenvalue weighted by molar-refractivity contribution is -0.0498. The van der Waals surface area contributed by atoms with Crippen LogP contribution in [-0.2, 0) is 0 Å². The van der Waals surface area contributed by atoms with Gasteiger partial charge in [0.05, 0.1) is 30.9 Å². The van der Waals surface area contributed by atoms with Crippen molar-refractivity contribution in [3.05, 3.63) is 89.5 Å². The normalized spacial score (nSPS) is 11.4. The maximum absolute atomic E-state index is 12.5. The van der Waals surface area contributed by atoms with Crippen molar-refractivity contribution in [2.75, 3.05) is 14.2 Å². The highest BCUT2D eigenvalue weighted by Crippen LogP contribution is 2.35. The number of benzene rings is 3. The molecule has 0 aliphatic rings. The maximum Gasteiger partial charge on any atom is 0.387 e. The SMILES string of the molecule is COc1cc(OC)cc(-c2cc(C=Cc3ccc(OC(F)F)cc3)c(C#N)c3nc4ccccc4n23)c1. The number of nitriles is 1. The smallest absolute Gasteiger partial charge is 0.387 e. The monoisotopic (exact) mass is 497 g/mol. The van der Waals surface area contributed by atoms with Crippen LogP contribution < -0.4 is 14.2 Å². The van der Waals surface area contributed by atoms with Gasteiger partial charge in [-0.15, -0.1) is 0 Å². The summed E-state index contributed by atoms with van der Waals surface area (Å²) >= 11 is 0. The van der Waals surface area contributed by atoms with Crippen molar-refractivity contribution in [1.82, 2.24) is 9.38 Å². The Balaban J connectivity index is 1.71. The minimum Gasteiger partial charge on any atom is -0.497 e. The van der Waals surface area contributed by atoms with Crippen LogP contribution in [0.5, 0.6) is 17.2 Å². The Morgan fingerprint density at radius 2 is 1.59 bits per heavy atom. The van der Waals surface area contributed by atoms with E-state index in [4.69, 9.17) is 14.5 Å². The predicted molar refractivity (Wildman–Crippen MR) is 138 cm³/mol. The Hall–Kier alpha value is -4.90. The average Bonchev–Trinajstić information content (AvgIpc) is 3.30. The molecule has 0 aliphatic heterocycles. The summed E-state index contributed by atoms with van der Waals surface area (Å²) < 4.78 is 42.3. The van der Waals surface area contributed by atoms with Crippen LogP contribution in [0.3, 0.4) is 0 Å². The van der Waals surface area contributed by atoms with Crippen LogP contribution in [-0.4, -0.2) is 30.2 Å². The van der Waals surface area contributed by atoms with E-state index < -0.39 is 6.61 Å². The molecule has 0 fully saturated rings. The Kier molecular flexibility index (Phi) is 6.43. The minimum atomic E-state index is -2.88. The number of methoxy groups -OCH3 is 2. The summed E-state index contributed by atoms with van der Waals surface area (Å²) in [5.74, 6) is 1.32. The molecule has 3 aromatic carbocycles. The fraction of sp³-hybridized carbons (Fsp3) is 0.103.